The van der Waals surface area contributed by atoms with E-state index < -0.39 is 12.1 Å². The van der Waals surface area contributed by atoms with Crippen molar-refractivity contribution in [3.8, 4) is 0 Å². The quantitative estimate of drug-likeness (QED) is 0.879. The molecule has 1 N–H and O–H groups in total. The van der Waals surface area contributed by atoms with Gasteiger partial charge in [0.2, 0.25) is 0 Å². The Hall–Kier alpha value is -2.56. The van der Waals surface area contributed by atoms with Crippen molar-refractivity contribution in [1.82, 2.24) is 9.88 Å². The van der Waals surface area contributed by atoms with Crippen LogP contribution in [-0.4, -0.2) is 22.5 Å². The van der Waals surface area contributed by atoms with Crippen molar-refractivity contribution in [3.63, 3.8) is 0 Å². The van der Waals surface area contributed by atoms with Crippen LogP contribution >= 0.6 is 0 Å². The minimum atomic E-state index is -0.832. The molecule has 126 valence electrons. The number of hydrogen-bond donors (Lipinski definition) is 1. The predicted octanol–water partition coefficient (Wildman–Crippen LogP) is 2.76. The van der Waals surface area contributed by atoms with E-state index in [1.807, 2.05) is 12.1 Å². The van der Waals surface area contributed by atoms with E-state index in [0.29, 0.717) is 5.69 Å². The van der Waals surface area contributed by atoms with Gasteiger partial charge in [-0.1, -0.05) is 24.3 Å². The molecule has 2 atom stereocenters. The highest BCUT2D eigenvalue weighted by Gasteiger charge is 2.26. The molecule has 0 saturated heterocycles. The van der Waals surface area contributed by atoms with Crippen LogP contribution in [0.25, 0.3) is 0 Å². The van der Waals surface area contributed by atoms with Crippen molar-refractivity contribution in [1.29, 1.82) is 0 Å². The van der Waals surface area contributed by atoms with Gasteiger partial charge in [0.05, 0.1) is 6.04 Å². The largest absolute Gasteiger partial charge is 0.448 e. The molecule has 0 spiro atoms. The summed E-state index contributed by atoms with van der Waals surface area (Å²) in [6.45, 7) is 1.60. The van der Waals surface area contributed by atoms with Gasteiger partial charge in [0.25, 0.3) is 5.91 Å². The predicted molar refractivity (Wildman–Crippen MR) is 90.6 cm³/mol. The normalized spacial score (nSPS) is 17.7. The van der Waals surface area contributed by atoms with Gasteiger partial charge in [0.15, 0.2) is 6.10 Å². The van der Waals surface area contributed by atoms with Crippen LogP contribution in [0.1, 0.15) is 47.4 Å². The molecule has 5 heteroatoms. The number of carbonyl (C=O) groups is 2. The van der Waals surface area contributed by atoms with Gasteiger partial charge in [0, 0.05) is 13.2 Å². The molecule has 3 rings (SSSR count). The highest BCUT2D eigenvalue weighted by molar-refractivity contribution is 5.91. The fraction of sp³-hybridized carbons (Fsp3) is 0.368. The smallest absolute Gasteiger partial charge is 0.355 e. The fourth-order valence-electron chi connectivity index (χ4n) is 3.14. The summed E-state index contributed by atoms with van der Waals surface area (Å²) < 4.78 is 6.97. The highest BCUT2D eigenvalue weighted by Crippen LogP contribution is 2.29. The average Bonchev–Trinajstić information content (AvgIpc) is 3.01. The topological polar surface area (TPSA) is 60.3 Å². The van der Waals surface area contributed by atoms with Crippen LogP contribution in [0.2, 0.25) is 0 Å². The summed E-state index contributed by atoms with van der Waals surface area (Å²) in [5, 5.41) is 3.02. The van der Waals surface area contributed by atoms with Gasteiger partial charge in [-0.25, -0.2) is 4.79 Å². The van der Waals surface area contributed by atoms with Gasteiger partial charge in [-0.3, -0.25) is 4.79 Å². The van der Waals surface area contributed by atoms with Gasteiger partial charge in [-0.2, -0.15) is 0 Å². The highest BCUT2D eigenvalue weighted by atomic mass is 16.5. The van der Waals surface area contributed by atoms with Crippen LogP contribution in [0, 0.1) is 0 Å². The van der Waals surface area contributed by atoms with E-state index in [1.165, 1.54) is 5.56 Å². The maximum Gasteiger partial charge on any atom is 0.355 e. The first-order chi connectivity index (χ1) is 11.6. The summed E-state index contributed by atoms with van der Waals surface area (Å²) in [5.41, 5.74) is 2.87. The molecule has 1 aromatic heterocycles. The molecule has 0 aliphatic heterocycles. The Labute approximate surface area is 141 Å². The van der Waals surface area contributed by atoms with Crippen LogP contribution < -0.4 is 5.32 Å². The Morgan fingerprint density at radius 3 is 2.79 bits per heavy atom. The van der Waals surface area contributed by atoms with Gasteiger partial charge in [-0.15, -0.1) is 0 Å². The van der Waals surface area contributed by atoms with Crippen molar-refractivity contribution < 1.29 is 14.3 Å². The first-order valence-corrected chi connectivity index (χ1v) is 8.26. The third-order valence-corrected chi connectivity index (χ3v) is 4.49. The standard InChI is InChI=1S/C19H22N2O3/c1-13(24-19(23)17-11-6-12-21(17)2)18(22)20-16-10-5-8-14-7-3-4-9-15(14)16/h3-4,6-7,9,11-13,16H,5,8,10H2,1-2H3,(H,20,22)/t13-,16-/m0/s1. The molecule has 0 radical (unpaired) electrons. The maximum absolute atomic E-state index is 12.4. The third-order valence-electron chi connectivity index (χ3n) is 4.49. The Balaban J connectivity index is 1.63. The van der Waals surface area contributed by atoms with E-state index in [2.05, 4.69) is 17.4 Å². The number of aromatic nitrogens is 1. The van der Waals surface area contributed by atoms with Crippen LogP contribution in [0.4, 0.5) is 0 Å². The summed E-state index contributed by atoms with van der Waals surface area (Å²) in [6.07, 6.45) is 3.92. The summed E-state index contributed by atoms with van der Waals surface area (Å²) in [5.74, 6) is -0.756. The lowest BCUT2D eigenvalue weighted by Crippen LogP contribution is -2.39. The lowest BCUT2D eigenvalue weighted by atomic mass is 9.87. The van der Waals surface area contributed by atoms with E-state index in [-0.39, 0.29) is 11.9 Å². The van der Waals surface area contributed by atoms with E-state index in [1.54, 1.807) is 36.9 Å². The van der Waals surface area contributed by atoms with E-state index in [0.717, 1.165) is 24.8 Å². The van der Waals surface area contributed by atoms with Crippen LogP contribution in [0.15, 0.2) is 42.6 Å². The van der Waals surface area contributed by atoms with Crippen molar-refractivity contribution in [3.05, 3.63) is 59.4 Å². The number of rotatable bonds is 4. The van der Waals surface area contributed by atoms with E-state index >= 15 is 0 Å². The first-order valence-electron chi connectivity index (χ1n) is 8.26. The second-order valence-corrected chi connectivity index (χ2v) is 6.20. The number of nitrogens with one attached hydrogen (secondary N) is 1. The van der Waals surface area contributed by atoms with Crippen molar-refractivity contribution in [2.45, 2.75) is 38.3 Å². The van der Waals surface area contributed by atoms with Gasteiger partial charge in [0.1, 0.15) is 5.69 Å². The van der Waals surface area contributed by atoms with E-state index in [9.17, 15) is 9.59 Å². The Morgan fingerprint density at radius 2 is 2.04 bits per heavy atom. The molecule has 24 heavy (non-hydrogen) atoms. The molecule has 0 unspecified atom stereocenters. The number of fused-ring (bicyclic) bond motifs is 1. The number of esters is 1. The second kappa shape index (κ2) is 6.91. The summed E-state index contributed by atoms with van der Waals surface area (Å²) in [4.78, 5) is 24.5. The van der Waals surface area contributed by atoms with Crippen molar-refractivity contribution in [2.75, 3.05) is 0 Å². The number of amides is 1. The molecule has 2 aromatic rings. The zero-order chi connectivity index (χ0) is 17.1. The molecule has 1 heterocycles. The molecular formula is C19H22N2O3. The monoisotopic (exact) mass is 326 g/mol. The Bertz CT molecular complexity index is 751. The van der Waals surface area contributed by atoms with Gasteiger partial charge >= 0.3 is 5.97 Å². The molecule has 0 bridgehead atoms. The number of benzene rings is 1. The minimum absolute atomic E-state index is 0.0151. The van der Waals surface area contributed by atoms with Crippen molar-refractivity contribution in [2.24, 2.45) is 7.05 Å². The number of nitrogens with zero attached hydrogens (tertiary/aromatic N) is 1. The van der Waals surface area contributed by atoms with Gasteiger partial charge in [-0.05, 0) is 49.4 Å². The summed E-state index contributed by atoms with van der Waals surface area (Å²) in [6, 6.07) is 11.6. The van der Waals surface area contributed by atoms with Crippen LogP contribution in [0.5, 0.6) is 0 Å². The Kier molecular flexibility index (Phi) is 4.69. The molecule has 0 saturated carbocycles. The number of aryl methyl sites for hydroxylation is 2. The molecule has 1 aliphatic rings. The lowest BCUT2D eigenvalue weighted by Gasteiger charge is -2.27. The summed E-state index contributed by atoms with van der Waals surface area (Å²) in [7, 11) is 1.76. The van der Waals surface area contributed by atoms with E-state index in [4.69, 9.17) is 4.74 Å². The fourth-order valence-corrected chi connectivity index (χ4v) is 3.14. The molecule has 1 aromatic carbocycles. The lowest BCUT2D eigenvalue weighted by molar-refractivity contribution is -0.130. The third kappa shape index (κ3) is 3.35. The number of hydrogen-bond acceptors (Lipinski definition) is 3. The van der Waals surface area contributed by atoms with Gasteiger partial charge < -0.3 is 14.6 Å². The number of ether oxygens (including phenoxy) is 1. The van der Waals surface area contributed by atoms with Crippen LogP contribution in [-0.2, 0) is 23.0 Å². The maximum atomic E-state index is 12.4. The number of carbonyl (C=O) groups excluding carboxylic acids is 2. The molecule has 5 nitrogen and oxygen atoms in total. The molecular weight excluding hydrogens is 304 g/mol. The SMILES string of the molecule is C[C@H](OC(=O)c1cccn1C)C(=O)N[C@H]1CCCc2ccccc21. The van der Waals surface area contributed by atoms with Crippen molar-refractivity contribution >= 4 is 11.9 Å². The minimum Gasteiger partial charge on any atom is -0.448 e. The molecule has 0 fully saturated rings. The first kappa shape index (κ1) is 16.3. The zero-order valence-electron chi connectivity index (χ0n) is 14.0. The molecule has 1 amide bonds. The summed E-state index contributed by atoms with van der Waals surface area (Å²) >= 11 is 0. The molecule has 1 aliphatic carbocycles. The second-order valence-electron chi connectivity index (χ2n) is 6.20. The zero-order valence-corrected chi connectivity index (χ0v) is 14.0. The Morgan fingerprint density at radius 1 is 1.25 bits per heavy atom. The van der Waals surface area contributed by atoms with Crippen LogP contribution in [0.3, 0.4) is 0 Å². The average molecular weight is 326 g/mol.